The van der Waals surface area contributed by atoms with Crippen molar-refractivity contribution in [3.05, 3.63) is 106 Å². The van der Waals surface area contributed by atoms with E-state index in [1.165, 1.54) is 6.20 Å². The van der Waals surface area contributed by atoms with Gasteiger partial charge in [-0.2, -0.15) is 5.26 Å². The van der Waals surface area contributed by atoms with Crippen LogP contribution < -0.4 is 14.8 Å². The number of aliphatic hydroxyl groups excluding tert-OH is 4. The summed E-state index contributed by atoms with van der Waals surface area (Å²) in [6.07, 6.45) is 9.92. The fourth-order valence-corrected chi connectivity index (χ4v) is 6.85. The lowest BCUT2D eigenvalue weighted by Crippen LogP contribution is -2.54. The van der Waals surface area contributed by atoms with E-state index in [-0.39, 0.29) is 25.9 Å². The predicted molar refractivity (Wildman–Crippen MR) is 199 cm³/mol. The van der Waals surface area contributed by atoms with E-state index in [9.17, 15) is 25.7 Å². The number of nitriles is 1. The number of β-amino-alcohol motifs (C(OH)–C–C–N with tert-alkyl or cyclic N) is 1. The molecular formula is C40H49ClN4O7. The Morgan fingerprint density at radius 3 is 2.50 bits per heavy atom. The van der Waals surface area contributed by atoms with Crippen molar-refractivity contribution in [3.63, 3.8) is 0 Å². The number of aromatic nitrogens is 1. The van der Waals surface area contributed by atoms with E-state index in [1.807, 2.05) is 18.2 Å². The number of pyridine rings is 1. The van der Waals surface area contributed by atoms with E-state index in [0.29, 0.717) is 53.0 Å². The summed E-state index contributed by atoms with van der Waals surface area (Å²) in [5, 5.41) is 52.4. The lowest BCUT2D eigenvalue weighted by Gasteiger charge is -2.48. The first kappa shape index (κ1) is 39.4. The Bertz CT molecular complexity index is 1730. The molecule has 0 saturated carbocycles. The summed E-state index contributed by atoms with van der Waals surface area (Å²) < 4.78 is 19.3. The van der Waals surface area contributed by atoms with Gasteiger partial charge in [0.25, 0.3) is 0 Å². The topological polar surface area (TPSA) is 161 Å². The van der Waals surface area contributed by atoms with Gasteiger partial charge in [-0.1, -0.05) is 74.0 Å². The van der Waals surface area contributed by atoms with Crippen LogP contribution in [0.1, 0.15) is 42.5 Å². The minimum absolute atomic E-state index is 0.0918. The number of nitrogens with one attached hydrogen (secondary N) is 1. The number of ether oxygens (including phenoxy) is 3. The maximum atomic E-state index is 9.97. The first-order chi connectivity index (χ1) is 25.1. The van der Waals surface area contributed by atoms with E-state index in [4.69, 9.17) is 25.8 Å². The molecule has 12 heteroatoms. The number of allylic oxidation sites excluding steroid dienone is 3. The fourth-order valence-electron chi connectivity index (χ4n) is 6.60. The minimum Gasteiger partial charge on any atom is -0.491 e. The zero-order chi connectivity index (χ0) is 37.2. The summed E-state index contributed by atoms with van der Waals surface area (Å²) in [6.45, 7) is 6.41. The van der Waals surface area contributed by atoms with Crippen molar-refractivity contribution in [2.24, 2.45) is 10.8 Å². The molecule has 2 aliphatic rings. The van der Waals surface area contributed by atoms with E-state index in [1.54, 1.807) is 24.4 Å². The molecule has 1 aliphatic heterocycles. The number of nitrogens with zero attached hydrogens (tertiary/aromatic N) is 3. The molecule has 2 aromatic carbocycles. The highest BCUT2D eigenvalue weighted by molar-refractivity contribution is 6.32. The van der Waals surface area contributed by atoms with Crippen LogP contribution in [0.15, 0.2) is 79.2 Å². The van der Waals surface area contributed by atoms with Crippen molar-refractivity contribution in [2.75, 3.05) is 59.3 Å². The summed E-state index contributed by atoms with van der Waals surface area (Å²) in [4.78, 5) is 6.34. The first-order valence-corrected chi connectivity index (χ1v) is 17.9. The normalized spacial score (nSPS) is 20.0. The molecule has 11 nitrogen and oxygen atoms in total. The van der Waals surface area contributed by atoms with Crippen LogP contribution in [0.5, 0.6) is 11.5 Å². The number of hydrogen-bond donors (Lipinski definition) is 5. The molecular weight excluding hydrogens is 684 g/mol. The maximum Gasteiger partial charge on any atom is 0.141 e. The van der Waals surface area contributed by atoms with E-state index >= 15 is 0 Å². The monoisotopic (exact) mass is 732 g/mol. The quantitative estimate of drug-likeness (QED) is 0.120. The second kappa shape index (κ2) is 17.8. The minimum atomic E-state index is -1.33. The smallest absolute Gasteiger partial charge is 0.141 e. The highest BCUT2D eigenvalue weighted by atomic mass is 35.5. The average molecular weight is 733 g/mol. The van der Waals surface area contributed by atoms with Gasteiger partial charge >= 0.3 is 0 Å². The van der Waals surface area contributed by atoms with Gasteiger partial charge in [-0.25, -0.2) is 0 Å². The van der Waals surface area contributed by atoms with Crippen LogP contribution in [0.25, 0.3) is 5.57 Å². The van der Waals surface area contributed by atoms with Crippen molar-refractivity contribution in [3.8, 4) is 17.6 Å². The summed E-state index contributed by atoms with van der Waals surface area (Å²) in [5.41, 5.74) is 1.55. The Morgan fingerprint density at radius 2 is 1.81 bits per heavy atom. The largest absolute Gasteiger partial charge is 0.491 e. The Kier molecular flexibility index (Phi) is 13.5. The standard InChI is InChI=1S/C40H49ClN4O7/c1-38(2)34(31-7-4-3-5-8-31)9-6-11-39(38,27-50-14-13-45-12-10-33(49)22-45)28-52-37-17-36(51-23-30-15-29(18-42)19-43-20-30)32(16-35(37)41)21-44-40(24-46,25-47)26-48/h3-9,11,15-17,19-20,33,44,46-49H,10,12-14,21-28H2,1-2H3/t33?,39-/m1/s1. The lowest BCUT2D eigenvalue weighted by atomic mass is 9.59. The van der Waals surface area contributed by atoms with Crippen LogP contribution in [0.2, 0.25) is 5.02 Å². The second-order valence-corrected chi connectivity index (χ2v) is 14.6. The molecule has 1 aromatic heterocycles. The Morgan fingerprint density at radius 1 is 1.04 bits per heavy atom. The zero-order valence-corrected chi connectivity index (χ0v) is 30.6. The molecule has 278 valence electrons. The van der Waals surface area contributed by atoms with Crippen LogP contribution in [-0.2, 0) is 17.9 Å². The van der Waals surface area contributed by atoms with Gasteiger partial charge in [-0.15, -0.1) is 0 Å². The third-order valence-corrected chi connectivity index (χ3v) is 10.6. The van der Waals surface area contributed by atoms with Crippen LogP contribution >= 0.6 is 11.6 Å². The third kappa shape index (κ3) is 9.20. The van der Waals surface area contributed by atoms with Gasteiger partial charge in [0, 0.05) is 61.2 Å². The van der Waals surface area contributed by atoms with Gasteiger partial charge in [-0.05, 0) is 29.7 Å². The van der Waals surface area contributed by atoms with Gasteiger partial charge in [-0.3, -0.25) is 9.88 Å². The number of likely N-dealkylation sites (tertiary alicyclic amines) is 1. The lowest BCUT2D eigenvalue weighted by molar-refractivity contribution is -0.0119. The fraction of sp³-hybridized carbons (Fsp3) is 0.450. The van der Waals surface area contributed by atoms with Gasteiger partial charge in [0.2, 0.25) is 0 Å². The first-order valence-electron chi connectivity index (χ1n) is 17.5. The number of halogens is 1. The van der Waals surface area contributed by atoms with Crippen LogP contribution in [0.3, 0.4) is 0 Å². The summed E-state index contributed by atoms with van der Waals surface area (Å²) in [5.74, 6) is 0.797. The molecule has 1 aliphatic carbocycles. The number of hydrogen-bond acceptors (Lipinski definition) is 11. The summed E-state index contributed by atoms with van der Waals surface area (Å²) in [6, 6.07) is 17.4. The highest BCUT2D eigenvalue weighted by Gasteiger charge is 2.48. The summed E-state index contributed by atoms with van der Waals surface area (Å²) >= 11 is 6.89. The maximum absolute atomic E-state index is 9.97. The molecule has 2 heterocycles. The summed E-state index contributed by atoms with van der Waals surface area (Å²) in [7, 11) is 0. The molecule has 0 bridgehead atoms. The predicted octanol–water partition coefficient (Wildman–Crippen LogP) is 4.12. The second-order valence-electron chi connectivity index (χ2n) is 14.2. The molecule has 0 spiro atoms. The van der Waals surface area contributed by atoms with E-state index in [2.05, 4.69) is 65.5 Å². The molecule has 5 rings (SSSR count). The molecule has 5 N–H and O–H groups in total. The molecule has 1 fully saturated rings. The molecule has 0 radical (unpaired) electrons. The number of aliphatic hydroxyl groups is 4. The molecule has 2 atom stereocenters. The van der Waals surface area contributed by atoms with Crippen molar-refractivity contribution in [1.29, 1.82) is 5.26 Å². The van der Waals surface area contributed by atoms with Gasteiger partial charge in [0.05, 0.1) is 60.7 Å². The van der Waals surface area contributed by atoms with Crippen molar-refractivity contribution < 1.29 is 34.6 Å². The molecule has 1 saturated heterocycles. The number of benzene rings is 2. The van der Waals surface area contributed by atoms with Gasteiger partial charge < -0.3 is 40.0 Å². The van der Waals surface area contributed by atoms with Crippen molar-refractivity contribution in [2.45, 2.75) is 45.1 Å². The Balaban J connectivity index is 1.42. The van der Waals surface area contributed by atoms with E-state index < -0.39 is 36.2 Å². The average Bonchev–Trinajstić information content (AvgIpc) is 3.59. The molecule has 0 amide bonds. The number of rotatable bonds is 18. The molecule has 1 unspecified atom stereocenters. The van der Waals surface area contributed by atoms with Gasteiger partial charge in [0.15, 0.2) is 0 Å². The molecule has 52 heavy (non-hydrogen) atoms. The van der Waals surface area contributed by atoms with Crippen LogP contribution in [-0.4, -0.2) is 101 Å². The third-order valence-electron chi connectivity index (χ3n) is 10.3. The van der Waals surface area contributed by atoms with Crippen molar-refractivity contribution >= 4 is 17.2 Å². The van der Waals surface area contributed by atoms with Gasteiger partial charge in [0.1, 0.15) is 30.8 Å². The zero-order valence-electron chi connectivity index (χ0n) is 29.8. The highest BCUT2D eigenvalue weighted by Crippen LogP contribution is 2.52. The Hall–Kier alpha value is -3.83. The Labute approximate surface area is 310 Å². The van der Waals surface area contributed by atoms with Crippen LogP contribution in [0.4, 0.5) is 0 Å². The van der Waals surface area contributed by atoms with Crippen LogP contribution in [0, 0.1) is 22.2 Å². The SMILES string of the molecule is CC1(C)C(c2ccccc2)=CC=C[C@@]1(COCCN1CCC(O)C1)COc1cc(OCc2cncc(C#N)c2)c(CNC(CO)(CO)CO)cc1Cl. The molecule has 3 aromatic rings. The van der Waals surface area contributed by atoms with Crippen molar-refractivity contribution in [1.82, 2.24) is 15.2 Å². The van der Waals surface area contributed by atoms with E-state index in [0.717, 1.165) is 30.6 Å².